The van der Waals surface area contributed by atoms with Gasteiger partial charge in [-0.15, -0.1) is 0 Å². The maximum absolute atomic E-state index is 4.41. The lowest BCUT2D eigenvalue weighted by molar-refractivity contribution is 0.0911. The molecule has 1 heterocycles. The Bertz CT molecular complexity index is 393. The molecule has 1 N–H and O–H groups in total. The van der Waals surface area contributed by atoms with Crippen molar-refractivity contribution in [3.63, 3.8) is 0 Å². The van der Waals surface area contributed by atoms with Gasteiger partial charge in [-0.2, -0.15) is 5.10 Å². The van der Waals surface area contributed by atoms with Gasteiger partial charge in [0.05, 0.1) is 6.20 Å². The fourth-order valence-electron chi connectivity index (χ4n) is 3.07. The highest BCUT2D eigenvalue weighted by Crippen LogP contribution is 2.22. The Morgan fingerprint density at radius 3 is 2.38 bits per heavy atom. The summed E-state index contributed by atoms with van der Waals surface area (Å²) in [5, 5.41) is 8.17. The zero-order valence-electron chi connectivity index (χ0n) is 14.8. The van der Waals surface area contributed by atoms with E-state index in [2.05, 4.69) is 63.1 Å². The molecule has 0 aliphatic carbocycles. The van der Waals surface area contributed by atoms with E-state index in [1.165, 1.54) is 12.0 Å². The van der Waals surface area contributed by atoms with Gasteiger partial charge in [0, 0.05) is 24.3 Å². The highest BCUT2D eigenvalue weighted by atomic mass is 15.3. The molecule has 0 aliphatic heterocycles. The monoisotopic (exact) mass is 294 g/mol. The summed E-state index contributed by atoms with van der Waals surface area (Å²) in [4.78, 5) is 2.55. The molecular weight excluding hydrogens is 260 g/mol. The van der Waals surface area contributed by atoms with Crippen LogP contribution < -0.4 is 5.32 Å². The maximum atomic E-state index is 4.41. The zero-order valence-corrected chi connectivity index (χ0v) is 14.8. The minimum atomic E-state index is 0.132. The van der Waals surface area contributed by atoms with Gasteiger partial charge in [0.15, 0.2) is 0 Å². The fraction of sp³-hybridized carbons (Fsp3) is 0.824. The Balaban J connectivity index is 2.87. The molecule has 4 heteroatoms. The number of aryl methyl sites for hydroxylation is 1. The Hall–Kier alpha value is -0.870. The Morgan fingerprint density at radius 2 is 1.90 bits per heavy atom. The third-order valence-corrected chi connectivity index (χ3v) is 4.52. The highest BCUT2D eigenvalue weighted by Gasteiger charge is 2.33. The van der Waals surface area contributed by atoms with Crippen molar-refractivity contribution in [3.8, 4) is 0 Å². The van der Waals surface area contributed by atoms with Crippen LogP contribution in [0, 0.1) is 0 Å². The van der Waals surface area contributed by atoms with Crippen LogP contribution >= 0.6 is 0 Å². The highest BCUT2D eigenvalue weighted by molar-refractivity contribution is 5.10. The Labute approximate surface area is 130 Å². The second-order valence-corrected chi connectivity index (χ2v) is 6.24. The van der Waals surface area contributed by atoms with Crippen molar-refractivity contribution >= 4 is 0 Å². The molecule has 1 unspecified atom stereocenters. The van der Waals surface area contributed by atoms with Crippen LogP contribution in [0.3, 0.4) is 0 Å². The van der Waals surface area contributed by atoms with Gasteiger partial charge in [-0.1, -0.05) is 20.8 Å². The van der Waals surface area contributed by atoms with Crippen LogP contribution in [0.5, 0.6) is 0 Å². The van der Waals surface area contributed by atoms with Crippen molar-refractivity contribution in [1.82, 2.24) is 20.0 Å². The number of hydrogen-bond donors (Lipinski definition) is 1. The second kappa shape index (κ2) is 8.54. The normalized spacial score (nSPS) is 13.9. The Morgan fingerprint density at radius 1 is 1.24 bits per heavy atom. The molecule has 0 saturated carbocycles. The summed E-state index contributed by atoms with van der Waals surface area (Å²) in [5.41, 5.74) is 1.46. The van der Waals surface area contributed by atoms with Crippen LogP contribution in [0.1, 0.15) is 53.5 Å². The van der Waals surface area contributed by atoms with Crippen molar-refractivity contribution in [2.75, 3.05) is 19.6 Å². The van der Waals surface area contributed by atoms with E-state index in [0.29, 0.717) is 6.04 Å². The number of nitrogens with zero attached hydrogens (tertiary/aromatic N) is 3. The van der Waals surface area contributed by atoms with Gasteiger partial charge >= 0.3 is 0 Å². The van der Waals surface area contributed by atoms with Gasteiger partial charge in [0.2, 0.25) is 0 Å². The third-order valence-electron chi connectivity index (χ3n) is 4.52. The SMILES string of the molecule is CCCNC(Cc1cnn(CC)c1)C(C)(C)N(CC)CC. The molecule has 122 valence electrons. The summed E-state index contributed by atoms with van der Waals surface area (Å²) in [6.07, 6.45) is 6.39. The molecule has 1 aromatic rings. The molecule has 0 aromatic carbocycles. The number of likely N-dealkylation sites (N-methyl/N-ethyl adjacent to an activating group) is 1. The van der Waals surface area contributed by atoms with E-state index in [0.717, 1.165) is 32.6 Å². The largest absolute Gasteiger partial charge is 0.312 e. The molecule has 0 bridgehead atoms. The van der Waals surface area contributed by atoms with Crippen LogP contribution in [0.15, 0.2) is 12.4 Å². The third kappa shape index (κ3) is 4.82. The van der Waals surface area contributed by atoms with E-state index >= 15 is 0 Å². The predicted molar refractivity (Wildman–Crippen MR) is 90.7 cm³/mol. The van der Waals surface area contributed by atoms with E-state index in [9.17, 15) is 0 Å². The number of rotatable bonds is 10. The van der Waals surface area contributed by atoms with Crippen molar-refractivity contribution in [2.24, 2.45) is 0 Å². The van der Waals surface area contributed by atoms with Crippen LogP contribution in [0.4, 0.5) is 0 Å². The predicted octanol–water partition coefficient (Wildman–Crippen LogP) is 2.93. The van der Waals surface area contributed by atoms with Gasteiger partial charge < -0.3 is 5.32 Å². The van der Waals surface area contributed by atoms with Gasteiger partial charge in [0.1, 0.15) is 0 Å². The van der Waals surface area contributed by atoms with E-state index in [1.807, 2.05) is 10.9 Å². The van der Waals surface area contributed by atoms with Crippen molar-refractivity contribution in [3.05, 3.63) is 18.0 Å². The summed E-state index contributed by atoms with van der Waals surface area (Å²) in [6.45, 7) is 17.7. The lowest BCUT2D eigenvalue weighted by Gasteiger charge is -2.44. The summed E-state index contributed by atoms with van der Waals surface area (Å²) in [7, 11) is 0. The molecule has 0 amide bonds. The minimum Gasteiger partial charge on any atom is -0.312 e. The first kappa shape index (κ1) is 18.2. The number of nitrogens with one attached hydrogen (secondary N) is 1. The molecule has 0 saturated heterocycles. The molecule has 4 nitrogen and oxygen atoms in total. The van der Waals surface area contributed by atoms with Crippen LogP contribution in [-0.2, 0) is 13.0 Å². The van der Waals surface area contributed by atoms with Gasteiger partial charge in [-0.25, -0.2) is 0 Å². The summed E-state index contributed by atoms with van der Waals surface area (Å²) >= 11 is 0. The molecule has 0 radical (unpaired) electrons. The van der Waals surface area contributed by atoms with Crippen LogP contribution in [0.2, 0.25) is 0 Å². The van der Waals surface area contributed by atoms with Crippen molar-refractivity contribution < 1.29 is 0 Å². The first-order chi connectivity index (χ1) is 9.99. The number of hydrogen-bond acceptors (Lipinski definition) is 3. The second-order valence-electron chi connectivity index (χ2n) is 6.24. The van der Waals surface area contributed by atoms with Crippen LogP contribution in [-0.4, -0.2) is 45.9 Å². The summed E-state index contributed by atoms with van der Waals surface area (Å²) in [6, 6.07) is 0.437. The van der Waals surface area contributed by atoms with E-state index in [4.69, 9.17) is 0 Å². The van der Waals surface area contributed by atoms with Crippen molar-refractivity contribution in [1.29, 1.82) is 0 Å². The molecule has 0 fully saturated rings. The molecule has 1 atom stereocenters. The molecular formula is C17H34N4. The molecule has 0 spiro atoms. The fourth-order valence-corrected chi connectivity index (χ4v) is 3.07. The number of aromatic nitrogens is 2. The quantitative estimate of drug-likeness (QED) is 0.720. The zero-order chi connectivity index (χ0) is 15.9. The van der Waals surface area contributed by atoms with E-state index in [1.54, 1.807) is 0 Å². The average Bonchev–Trinajstić information content (AvgIpc) is 2.92. The first-order valence-electron chi connectivity index (χ1n) is 8.49. The smallest absolute Gasteiger partial charge is 0.0522 e. The lowest BCUT2D eigenvalue weighted by Crippen LogP contribution is -2.58. The van der Waals surface area contributed by atoms with Gasteiger partial charge in [-0.3, -0.25) is 9.58 Å². The minimum absolute atomic E-state index is 0.132. The van der Waals surface area contributed by atoms with E-state index in [-0.39, 0.29) is 5.54 Å². The Kier molecular flexibility index (Phi) is 7.40. The molecule has 1 aromatic heterocycles. The lowest BCUT2D eigenvalue weighted by atomic mass is 9.88. The van der Waals surface area contributed by atoms with Crippen molar-refractivity contribution in [2.45, 2.75) is 72.5 Å². The summed E-state index contributed by atoms with van der Waals surface area (Å²) in [5.74, 6) is 0. The van der Waals surface area contributed by atoms with Gasteiger partial charge in [0.25, 0.3) is 0 Å². The molecule has 21 heavy (non-hydrogen) atoms. The van der Waals surface area contributed by atoms with Crippen LogP contribution in [0.25, 0.3) is 0 Å². The van der Waals surface area contributed by atoms with Gasteiger partial charge in [-0.05, 0) is 58.8 Å². The van der Waals surface area contributed by atoms with E-state index < -0.39 is 0 Å². The molecule has 0 aliphatic rings. The standard InChI is InChI=1S/C17H34N4/c1-7-11-18-16(17(5,6)20(8-2)9-3)12-15-13-19-21(10-4)14-15/h13-14,16,18H,7-12H2,1-6H3. The maximum Gasteiger partial charge on any atom is 0.0522 e. The molecule has 1 rings (SSSR count). The average molecular weight is 294 g/mol. The topological polar surface area (TPSA) is 33.1 Å². The first-order valence-corrected chi connectivity index (χ1v) is 8.49. The summed E-state index contributed by atoms with van der Waals surface area (Å²) < 4.78 is 2.01.